The average molecular weight is 373 g/mol. The minimum absolute atomic E-state index is 0.00228. The van der Waals surface area contributed by atoms with E-state index in [2.05, 4.69) is 10.2 Å². The molecule has 6 nitrogen and oxygen atoms in total. The van der Waals surface area contributed by atoms with Crippen molar-refractivity contribution in [3.05, 3.63) is 29.3 Å². The van der Waals surface area contributed by atoms with Crippen molar-refractivity contribution >= 4 is 17.5 Å². The van der Waals surface area contributed by atoms with E-state index in [9.17, 15) is 9.59 Å². The lowest BCUT2D eigenvalue weighted by Crippen LogP contribution is -2.52. The first-order chi connectivity index (χ1) is 13.0. The summed E-state index contributed by atoms with van der Waals surface area (Å²) in [6.45, 7) is 7.91. The quantitative estimate of drug-likeness (QED) is 0.826. The number of amides is 2. The Bertz CT molecular complexity index is 683. The minimum Gasteiger partial charge on any atom is -0.340 e. The fraction of sp³-hybridized carbons (Fsp3) is 0.619. The van der Waals surface area contributed by atoms with Gasteiger partial charge in [0.25, 0.3) is 0 Å². The highest BCUT2D eigenvalue weighted by atomic mass is 16.2. The van der Waals surface area contributed by atoms with E-state index in [1.807, 2.05) is 36.9 Å². The predicted octanol–water partition coefficient (Wildman–Crippen LogP) is 1.76. The normalized spacial score (nSPS) is 23.4. The molecule has 1 heterocycles. The number of anilines is 1. The van der Waals surface area contributed by atoms with Gasteiger partial charge in [-0.05, 0) is 56.3 Å². The van der Waals surface area contributed by atoms with Crippen LogP contribution in [0.5, 0.6) is 0 Å². The Morgan fingerprint density at radius 3 is 2.59 bits per heavy atom. The van der Waals surface area contributed by atoms with Gasteiger partial charge in [0.05, 0.1) is 6.54 Å². The molecule has 1 aromatic carbocycles. The van der Waals surface area contributed by atoms with Gasteiger partial charge in [0, 0.05) is 37.8 Å². The molecular formula is C21H32N4O2. The van der Waals surface area contributed by atoms with Crippen LogP contribution in [0.2, 0.25) is 0 Å². The van der Waals surface area contributed by atoms with Crippen molar-refractivity contribution in [2.45, 2.75) is 33.1 Å². The third kappa shape index (κ3) is 4.68. The van der Waals surface area contributed by atoms with E-state index < -0.39 is 0 Å². The third-order valence-corrected chi connectivity index (χ3v) is 6.21. The van der Waals surface area contributed by atoms with Crippen molar-refractivity contribution in [2.75, 3.05) is 44.6 Å². The Labute approximate surface area is 162 Å². The van der Waals surface area contributed by atoms with Gasteiger partial charge in [-0.25, -0.2) is 0 Å². The second-order valence-electron chi connectivity index (χ2n) is 7.93. The molecule has 0 spiro atoms. The molecular weight excluding hydrogens is 340 g/mol. The molecule has 2 fully saturated rings. The summed E-state index contributed by atoms with van der Waals surface area (Å²) in [5.74, 6) is 0.720. The first-order valence-electron chi connectivity index (χ1n) is 10.1. The Morgan fingerprint density at radius 1 is 1.15 bits per heavy atom. The van der Waals surface area contributed by atoms with Crippen molar-refractivity contribution < 1.29 is 9.59 Å². The minimum atomic E-state index is 0.00228. The number of benzene rings is 1. The molecule has 3 N–H and O–H groups in total. The molecule has 2 amide bonds. The molecule has 1 aliphatic heterocycles. The lowest BCUT2D eigenvalue weighted by Gasteiger charge is -2.36. The summed E-state index contributed by atoms with van der Waals surface area (Å²) in [7, 11) is 0. The van der Waals surface area contributed by atoms with Crippen molar-refractivity contribution in [1.82, 2.24) is 9.80 Å². The number of nitrogens with zero attached hydrogens (tertiary/aromatic N) is 2. The van der Waals surface area contributed by atoms with Crippen LogP contribution in [0.3, 0.4) is 0 Å². The molecule has 6 heteroatoms. The monoisotopic (exact) mass is 372 g/mol. The molecule has 148 valence electrons. The molecule has 0 bridgehead atoms. The zero-order valence-electron chi connectivity index (χ0n) is 16.5. The van der Waals surface area contributed by atoms with Gasteiger partial charge < -0.3 is 16.0 Å². The van der Waals surface area contributed by atoms with Crippen LogP contribution < -0.4 is 11.1 Å². The molecule has 2 atom stereocenters. The zero-order chi connectivity index (χ0) is 19.4. The summed E-state index contributed by atoms with van der Waals surface area (Å²) in [5.41, 5.74) is 8.98. The predicted molar refractivity (Wildman–Crippen MR) is 107 cm³/mol. The molecule has 0 unspecified atom stereocenters. The topological polar surface area (TPSA) is 78.7 Å². The van der Waals surface area contributed by atoms with E-state index in [4.69, 9.17) is 5.73 Å². The van der Waals surface area contributed by atoms with Crippen LogP contribution in [0.1, 0.15) is 30.4 Å². The van der Waals surface area contributed by atoms with E-state index in [1.54, 1.807) is 0 Å². The largest absolute Gasteiger partial charge is 0.340 e. The van der Waals surface area contributed by atoms with Gasteiger partial charge in [0.2, 0.25) is 11.8 Å². The molecule has 1 aromatic rings. The van der Waals surface area contributed by atoms with Gasteiger partial charge in [0.1, 0.15) is 0 Å². The Hall–Kier alpha value is -1.92. The van der Waals surface area contributed by atoms with Crippen LogP contribution in [-0.2, 0) is 9.59 Å². The van der Waals surface area contributed by atoms with Crippen molar-refractivity contribution in [3.8, 4) is 0 Å². The summed E-state index contributed by atoms with van der Waals surface area (Å²) in [6, 6.07) is 5.94. The molecule has 0 aromatic heterocycles. The van der Waals surface area contributed by atoms with E-state index >= 15 is 0 Å². The zero-order valence-corrected chi connectivity index (χ0v) is 16.5. The number of hydrogen-bond acceptors (Lipinski definition) is 4. The summed E-state index contributed by atoms with van der Waals surface area (Å²) in [6.07, 6.45) is 3.15. The molecule has 2 aliphatic rings. The Balaban J connectivity index is 1.47. The highest BCUT2D eigenvalue weighted by Gasteiger charge is 2.35. The number of carbonyl (C=O) groups excluding carboxylic acids is 2. The van der Waals surface area contributed by atoms with Crippen LogP contribution in [0.4, 0.5) is 5.69 Å². The second kappa shape index (κ2) is 8.85. The summed E-state index contributed by atoms with van der Waals surface area (Å²) in [4.78, 5) is 29.3. The fourth-order valence-electron chi connectivity index (χ4n) is 4.28. The molecule has 1 aliphatic carbocycles. The van der Waals surface area contributed by atoms with Gasteiger partial charge in [0.15, 0.2) is 0 Å². The number of hydrogen-bond donors (Lipinski definition) is 2. The SMILES string of the molecule is Cc1cccc(NC(=O)CN2CCN(C(=O)[C@@H]3CCC[C@@H]3CN)CC2)c1C. The van der Waals surface area contributed by atoms with E-state index in [0.29, 0.717) is 32.1 Å². The Morgan fingerprint density at radius 2 is 1.89 bits per heavy atom. The van der Waals surface area contributed by atoms with Crippen molar-refractivity contribution in [2.24, 2.45) is 17.6 Å². The lowest BCUT2D eigenvalue weighted by atomic mass is 9.94. The van der Waals surface area contributed by atoms with Gasteiger partial charge in [-0.2, -0.15) is 0 Å². The first kappa shape index (κ1) is 19.8. The standard InChI is InChI=1S/C21H32N4O2/c1-15-5-3-8-19(16(15)2)23-20(26)14-24-9-11-25(12-10-24)21(27)18-7-4-6-17(18)13-22/h3,5,8,17-18H,4,6-7,9-14,22H2,1-2H3,(H,23,26)/t17-,18-/m1/s1. The number of carbonyl (C=O) groups is 2. The summed E-state index contributed by atoms with van der Waals surface area (Å²) >= 11 is 0. The van der Waals surface area contributed by atoms with Crippen LogP contribution in [0.25, 0.3) is 0 Å². The molecule has 3 rings (SSSR count). The summed E-state index contributed by atoms with van der Waals surface area (Å²) in [5, 5.41) is 3.02. The van der Waals surface area contributed by atoms with E-state index in [-0.39, 0.29) is 17.7 Å². The highest BCUT2D eigenvalue weighted by molar-refractivity contribution is 5.93. The maximum atomic E-state index is 12.8. The highest BCUT2D eigenvalue weighted by Crippen LogP contribution is 2.32. The molecule has 1 saturated carbocycles. The molecule has 1 saturated heterocycles. The smallest absolute Gasteiger partial charge is 0.238 e. The number of piperazine rings is 1. The maximum absolute atomic E-state index is 12.8. The van der Waals surface area contributed by atoms with Crippen LogP contribution in [-0.4, -0.2) is 60.9 Å². The lowest BCUT2D eigenvalue weighted by molar-refractivity contribution is -0.138. The molecule has 0 radical (unpaired) electrons. The summed E-state index contributed by atoms with van der Waals surface area (Å²) < 4.78 is 0. The van der Waals surface area contributed by atoms with E-state index in [1.165, 1.54) is 5.56 Å². The second-order valence-corrected chi connectivity index (χ2v) is 7.93. The van der Waals surface area contributed by atoms with Gasteiger partial charge in [-0.15, -0.1) is 0 Å². The Kier molecular flexibility index (Phi) is 6.50. The van der Waals surface area contributed by atoms with Crippen LogP contribution >= 0.6 is 0 Å². The van der Waals surface area contributed by atoms with Crippen molar-refractivity contribution in [3.63, 3.8) is 0 Å². The van der Waals surface area contributed by atoms with Gasteiger partial charge in [-0.1, -0.05) is 18.6 Å². The fourth-order valence-corrected chi connectivity index (χ4v) is 4.28. The van der Waals surface area contributed by atoms with Gasteiger partial charge in [-0.3, -0.25) is 14.5 Å². The van der Waals surface area contributed by atoms with E-state index in [0.717, 1.165) is 43.6 Å². The number of nitrogens with one attached hydrogen (secondary N) is 1. The van der Waals surface area contributed by atoms with Crippen molar-refractivity contribution in [1.29, 1.82) is 0 Å². The maximum Gasteiger partial charge on any atom is 0.238 e. The third-order valence-electron chi connectivity index (χ3n) is 6.21. The first-order valence-corrected chi connectivity index (χ1v) is 10.1. The average Bonchev–Trinajstić information content (AvgIpc) is 3.14. The van der Waals surface area contributed by atoms with Gasteiger partial charge >= 0.3 is 0 Å². The van der Waals surface area contributed by atoms with Crippen LogP contribution in [0, 0.1) is 25.7 Å². The number of rotatable bonds is 5. The number of aryl methyl sites for hydroxylation is 1. The number of nitrogens with two attached hydrogens (primary N) is 1. The molecule has 27 heavy (non-hydrogen) atoms. The van der Waals surface area contributed by atoms with Crippen LogP contribution in [0.15, 0.2) is 18.2 Å².